The Labute approximate surface area is 111 Å². The quantitative estimate of drug-likeness (QED) is 0.448. The second-order valence-electron chi connectivity index (χ2n) is 3.40. The fourth-order valence-electron chi connectivity index (χ4n) is 1.17. The lowest BCUT2D eigenvalue weighted by Crippen LogP contribution is -2.31. The average molecular weight is 280 g/mol. The highest BCUT2D eigenvalue weighted by Gasteiger charge is 2.22. The number of carbonyl (C=O) groups excluding carboxylic acids is 2. The molecule has 0 saturated carbocycles. The van der Waals surface area contributed by atoms with Crippen LogP contribution < -0.4 is 0 Å². The van der Waals surface area contributed by atoms with E-state index >= 15 is 0 Å². The maximum Gasteiger partial charge on any atom is 0.335 e. The Morgan fingerprint density at radius 3 is 2.29 bits per heavy atom. The number of hydrogen-bond acceptors (Lipinski definition) is 6. The fraction of sp³-hybridized carbons (Fsp3) is 0.818. The van der Waals surface area contributed by atoms with Gasteiger partial charge in [0.05, 0.1) is 0 Å². The molecule has 0 saturated heterocycles. The summed E-state index contributed by atoms with van der Waals surface area (Å²) in [5.41, 5.74) is 0. The summed E-state index contributed by atoms with van der Waals surface area (Å²) in [7, 11) is 1.48. The van der Waals surface area contributed by atoms with Crippen molar-refractivity contribution in [2.75, 3.05) is 31.1 Å². The molecule has 0 spiro atoms. The van der Waals surface area contributed by atoms with E-state index in [0.717, 1.165) is 11.5 Å². The van der Waals surface area contributed by atoms with Crippen molar-refractivity contribution in [3.8, 4) is 0 Å². The first kappa shape index (κ1) is 16.8. The van der Waals surface area contributed by atoms with E-state index < -0.39 is 18.2 Å². The van der Waals surface area contributed by atoms with Crippen molar-refractivity contribution < 1.29 is 19.1 Å². The molecule has 0 radical (unpaired) electrons. The van der Waals surface area contributed by atoms with E-state index in [1.807, 2.05) is 12.5 Å². The molecule has 2 unspecified atom stereocenters. The number of thioether (sulfide) groups is 2. The van der Waals surface area contributed by atoms with E-state index in [1.165, 1.54) is 7.11 Å². The van der Waals surface area contributed by atoms with Crippen LogP contribution in [0.2, 0.25) is 0 Å². The molecule has 100 valence electrons. The van der Waals surface area contributed by atoms with E-state index in [9.17, 15) is 9.59 Å². The zero-order valence-corrected chi connectivity index (χ0v) is 12.1. The van der Waals surface area contributed by atoms with Crippen LogP contribution in [0, 0.1) is 0 Å². The summed E-state index contributed by atoms with van der Waals surface area (Å²) in [4.78, 5) is 22.4. The lowest BCUT2D eigenvalue weighted by molar-refractivity contribution is -0.162. The molecular formula is C11H20O4S2. The highest BCUT2D eigenvalue weighted by Crippen LogP contribution is 2.09. The second kappa shape index (κ2) is 10.9. The molecular weight excluding hydrogens is 260 g/mol. The Bertz CT molecular complexity index is 224. The second-order valence-corrected chi connectivity index (χ2v) is 5.37. The minimum Gasteiger partial charge on any atom is -0.453 e. The van der Waals surface area contributed by atoms with Crippen molar-refractivity contribution in [1.29, 1.82) is 0 Å². The van der Waals surface area contributed by atoms with Gasteiger partial charge >= 0.3 is 5.97 Å². The van der Waals surface area contributed by atoms with Gasteiger partial charge < -0.3 is 9.47 Å². The summed E-state index contributed by atoms with van der Waals surface area (Å²) in [6.07, 6.45) is 4.52. The van der Waals surface area contributed by atoms with Crippen molar-refractivity contribution in [3.63, 3.8) is 0 Å². The normalized spacial score (nSPS) is 14.1. The van der Waals surface area contributed by atoms with Gasteiger partial charge in [0.25, 0.3) is 0 Å². The van der Waals surface area contributed by atoms with Gasteiger partial charge in [-0.25, -0.2) is 4.79 Å². The maximum atomic E-state index is 11.7. The third kappa shape index (κ3) is 7.68. The summed E-state index contributed by atoms with van der Waals surface area (Å²) in [5, 5.41) is 0. The highest BCUT2D eigenvalue weighted by molar-refractivity contribution is 7.98. The largest absolute Gasteiger partial charge is 0.453 e. The fourth-order valence-corrected chi connectivity index (χ4v) is 2.09. The molecule has 0 aromatic carbocycles. The first-order valence-electron chi connectivity index (χ1n) is 5.36. The van der Waals surface area contributed by atoms with Gasteiger partial charge in [0.1, 0.15) is 0 Å². The minimum atomic E-state index is -0.651. The first-order chi connectivity index (χ1) is 8.19. The number of hydrogen-bond donors (Lipinski definition) is 0. The van der Waals surface area contributed by atoms with Gasteiger partial charge in [-0.3, -0.25) is 4.79 Å². The molecule has 17 heavy (non-hydrogen) atoms. The third-order valence-corrected chi connectivity index (χ3v) is 3.45. The Balaban J connectivity index is 4.11. The van der Waals surface area contributed by atoms with Gasteiger partial charge in [0.15, 0.2) is 18.5 Å². The van der Waals surface area contributed by atoms with Gasteiger partial charge in [-0.05, 0) is 30.4 Å². The summed E-state index contributed by atoms with van der Waals surface area (Å²) in [6.45, 7) is 0. The predicted molar refractivity (Wildman–Crippen MR) is 72.7 cm³/mol. The van der Waals surface area contributed by atoms with Crippen LogP contribution in [0.1, 0.15) is 12.8 Å². The maximum absolute atomic E-state index is 11.7. The SMILES string of the molecule is COC(CCSC)C(=O)OC(C=O)CCSC. The van der Waals surface area contributed by atoms with Crippen LogP contribution in [0.3, 0.4) is 0 Å². The van der Waals surface area contributed by atoms with Crippen molar-refractivity contribution in [2.24, 2.45) is 0 Å². The molecule has 0 heterocycles. The van der Waals surface area contributed by atoms with Crippen molar-refractivity contribution in [1.82, 2.24) is 0 Å². The molecule has 0 rings (SSSR count). The average Bonchev–Trinajstić information content (AvgIpc) is 2.35. The van der Waals surface area contributed by atoms with Crippen LogP contribution >= 0.6 is 23.5 Å². The minimum absolute atomic E-state index is 0.445. The summed E-state index contributed by atoms with van der Waals surface area (Å²) in [6, 6.07) is 0. The summed E-state index contributed by atoms with van der Waals surface area (Å²) < 4.78 is 10.2. The molecule has 0 amide bonds. The molecule has 0 N–H and O–H groups in total. The van der Waals surface area contributed by atoms with E-state index in [4.69, 9.17) is 9.47 Å². The predicted octanol–water partition coefficient (Wildman–Crippen LogP) is 1.62. The molecule has 0 fully saturated rings. The van der Waals surface area contributed by atoms with Gasteiger partial charge in [0, 0.05) is 13.5 Å². The van der Waals surface area contributed by atoms with Gasteiger partial charge in [0.2, 0.25) is 0 Å². The van der Waals surface area contributed by atoms with Crippen LogP contribution in [0.25, 0.3) is 0 Å². The Morgan fingerprint density at radius 2 is 1.82 bits per heavy atom. The monoisotopic (exact) mass is 280 g/mol. The molecule has 0 bridgehead atoms. The zero-order valence-electron chi connectivity index (χ0n) is 10.5. The molecule has 4 nitrogen and oxygen atoms in total. The van der Waals surface area contributed by atoms with E-state index in [2.05, 4.69) is 0 Å². The topological polar surface area (TPSA) is 52.6 Å². The molecule has 0 aliphatic carbocycles. The molecule has 0 aliphatic heterocycles. The number of esters is 1. The molecule has 0 aromatic heterocycles. The number of aldehydes is 1. The lowest BCUT2D eigenvalue weighted by Gasteiger charge is -2.17. The molecule has 2 atom stereocenters. The van der Waals surface area contributed by atoms with Gasteiger partial charge in [-0.2, -0.15) is 23.5 Å². The van der Waals surface area contributed by atoms with Crippen LogP contribution in [-0.2, 0) is 19.1 Å². The number of rotatable bonds is 10. The summed E-state index contributed by atoms with van der Waals surface area (Å²) in [5.74, 6) is 1.17. The van der Waals surface area contributed by atoms with Crippen molar-refractivity contribution >= 4 is 35.8 Å². The van der Waals surface area contributed by atoms with Crippen molar-refractivity contribution in [2.45, 2.75) is 25.0 Å². The third-order valence-electron chi connectivity index (χ3n) is 2.16. The smallest absolute Gasteiger partial charge is 0.335 e. The van der Waals surface area contributed by atoms with Crippen LogP contribution in [-0.4, -0.2) is 55.6 Å². The van der Waals surface area contributed by atoms with Gasteiger partial charge in [-0.15, -0.1) is 0 Å². The Morgan fingerprint density at radius 1 is 1.24 bits per heavy atom. The number of carbonyl (C=O) groups is 2. The number of methoxy groups -OCH3 is 1. The highest BCUT2D eigenvalue weighted by atomic mass is 32.2. The standard InChI is InChI=1S/C11H20O4S2/c1-14-10(5-7-17-3)11(13)15-9(8-12)4-6-16-2/h8-10H,4-7H2,1-3H3. The van der Waals surface area contributed by atoms with Crippen molar-refractivity contribution in [3.05, 3.63) is 0 Å². The lowest BCUT2D eigenvalue weighted by atomic mass is 10.2. The van der Waals surface area contributed by atoms with Gasteiger partial charge in [-0.1, -0.05) is 0 Å². The van der Waals surface area contributed by atoms with E-state index in [-0.39, 0.29) is 0 Å². The summed E-state index contributed by atoms with van der Waals surface area (Å²) >= 11 is 3.26. The number of ether oxygens (including phenoxy) is 2. The van der Waals surface area contributed by atoms with Crippen LogP contribution in [0.4, 0.5) is 0 Å². The zero-order chi connectivity index (χ0) is 13.1. The first-order valence-corrected chi connectivity index (χ1v) is 8.14. The Hall–Kier alpha value is -0.200. The van der Waals surface area contributed by atoms with E-state index in [0.29, 0.717) is 19.1 Å². The molecule has 0 aliphatic rings. The van der Waals surface area contributed by atoms with E-state index in [1.54, 1.807) is 23.5 Å². The Kier molecular flexibility index (Phi) is 10.8. The molecule has 0 aromatic rings. The van der Waals surface area contributed by atoms with Crippen LogP contribution in [0.15, 0.2) is 0 Å². The molecule has 6 heteroatoms. The van der Waals surface area contributed by atoms with Crippen LogP contribution in [0.5, 0.6) is 0 Å².